The molecular formula is C22H16F4N4O. The Balaban J connectivity index is 1.73. The maximum Gasteiger partial charge on any atom is 0.416 e. The number of aromatic nitrogens is 3. The van der Waals surface area contributed by atoms with Crippen molar-refractivity contribution in [2.75, 3.05) is 0 Å². The van der Waals surface area contributed by atoms with Crippen LogP contribution in [0.15, 0.2) is 60.8 Å². The largest absolute Gasteiger partial charge is 0.416 e. The van der Waals surface area contributed by atoms with Gasteiger partial charge in [-0.2, -0.15) is 18.3 Å². The lowest BCUT2D eigenvalue weighted by molar-refractivity contribution is -0.137. The van der Waals surface area contributed by atoms with Crippen LogP contribution in [0, 0.1) is 5.82 Å². The van der Waals surface area contributed by atoms with E-state index in [1.165, 1.54) is 47.3 Å². The molecule has 158 valence electrons. The summed E-state index contributed by atoms with van der Waals surface area (Å²) in [6.07, 6.45) is -3.03. The number of aryl methyl sites for hydroxylation is 1. The first-order chi connectivity index (χ1) is 14.7. The molecule has 2 aromatic heterocycles. The molecule has 0 radical (unpaired) electrons. The molecule has 0 aliphatic rings. The number of benzene rings is 2. The molecule has 4 aromatic rings. The minimum absolute atomic E-state index is 0.0829. The molecule has 1 amide bonds. The normalized spacial score (nSPS) is 11.6. The van der Waals surface area contributed by atoms with Gasteiger partial charge >= 0.3 is 6.18 Å². The van der Waals surface area contributed by atoms with E-state index in [1.807, 2.05) is 0 Å². The van der Waals surface area contributed by atoms with E-state index in [2.05, 4.69) is 15.4 Å². The fraction of sp³-hybridized carbons (Fsp3) is 0.136. The molecule has 0 saturated carbocycles. The highest BCUT2D eigenvalue weighted by molar-refractivity contribution is 6.06. The monoisotopic (exact) mass is 428 g/mol. The van der Waals surface area contributed by atoms with Gasteiger partial charge in [0.05, 0.1) is 28.4 Å². The van der Waals surface area contributed by atoms with Crippen molar-refractivity contribution in [3.05, 3.63) is 83.3 Å². The number of pyridine rings is 1. The van der Waals surface area contributed by atoms with E-state index in [0.29, 0.717) is 16.6 Å². The Morgan fingerprint density at radius 1 is 1.10 bits per heavy atom. The van der Waals surface area contributed by atoms with Crippen LogP contribution in [-0.2, 0) is 19.8 Å². The van der Waals surface area contributed by atoms with Crippen molar-refractivity contribution in [3.8, 4) is 11.3 Å². The third kappa shape index (κ3) is 4.25. The molecular weight excluding hydrogens is 412 g/mol. The molecule has 2 aromatic carbocycles. The molecule has 0 aliphatic heterocycles. The van der Waals surface area contributed by atoms with Gasteiger partial charge in [-0.05, 0) is 35.9 Å². The second-order valence-corrected chi connectivity index (χ2v) is 6.95. The third-order valence-corrected chi connectivity index (χ3v) is 4.78. The molecule has 0 spiro atoms. The van der Waals surface area contributed by atoms with Crippen LogP contribution in [0.4, 0.5) is 17.6 Å². The van der Waals surface area contributed by atoms with E-state index in [9.17, 15) is 22.4 Å². The average molecular weight is 428 g/mol. The van der Waals surface area contributed by atoms with Gasteiger partial charge in [0.1, 0.15) is 5.82 Å². The lowest BCUT2D eigenvalue weighted by Gasteiger charge is -2.11. The smallest absolute Gasteiger partial charge is 0.348 e. The molecule has 0 saturated heterocycles. The summed E-state index contributed by atoms with van der Waals surface area (Å²) >= 11 is 0. The number of nitrogens with one attached hydrogen (secondary N) is 1. The standard InChI is InChI=1S/C22H16F4N4O/c1-30-20-18(12-28-30)17(21(31)27-11-13-4-2-7-16(23)8-13)10-19(29-20)14-5-3-6-15(9-14)22(24,25)26/h2-10,12H,11H2,1H3,(H,27,31). The van der Waals surface area contributed by atoms with Crippen LogP contribution in [0.1, 0.15) is 21.5 Å². The van der Waals surface area contributed by atoms with E-state index in [1.54, 1.807) is 13.1 Å². The van der Waals surface area contributed by atoms with Crippen molar-refractivity contribution in [1.82, 2.24) is 20.1 Å². The molecule has 1 N–H and O–H groups in total. The predicted molar refractivity (Wildman–Crippen MR) is 107 cm³/mol. The molecule has 0 aliphatic carbocycles. The summed E-state index contributed by atoms with van der Waals surface area (Å²) in [6, 6.07) is 12.0. The second kappa shape index (κ2) is 7.82. The van der Waals surface area contributed by atoms with E-state index in [0.717, 1.165) is 12.1 Å². The first-order valence-electron chi connectivity index (χ1n) is 9.25. The fourth-order valence-corrected chi connectivity index (χ4v) is 3.23. The lowest BCUT2D eigenvalue weighted by atomic mass is 10.0. The van der Waals surface area contributed by atoms with E-state index in [-0.39, 0.29) is 23.4 Å². The number of carbonyl (C=O) groups excluding carboxylic acids is 1. The molecule has 0 bridgehead atoms. The topological polar surface area (TPSA) is 59.8 Å². The van der Waals surface area contributed by atoms with Gasteiger partial charge in [0.25, 0.3) is 5.91 Å². The first-order valence-corrected chi connectivity index (χ1v) is 9.25. The van der Waals surface area contributed by atoms with Gasteiger partial charge in [-0.3, -0.25) is 9.48 Å². The van der Waals surface area contributed by atoms with Crippen molar-refractivity contribution in [2.24, 2.45) is 7.05 Å². The number of carbonyl (C=O) groups is 1. The molecule has 0 atom stereocenters. The molecule has 0 fully saturated rings. The Kier molecular flexibility index (Phi) is 5.18. The number of halogens is 4. The van der Waals surface area contributed by atoms with Crippen LogP contribution >= 0.6 is 0 Å². The molecule has 0 unspecified atom stereocenters. The Hall–Kier alpha value is -3.75. The highest BCUT2D eigenvalue weighted by atomic mass is 19.4. The summed E-state index contributed by atoms with van der Waals surface area (Å²) in [7, 11) is 1.62. The quantitative estimate of drug-likeness (QED) is 0.479. The molecule has 2 heterocycles. The average Bonchev–Trinajstić information content (AvgIpc) is 3.12. The van der Waals surface area contributed by atoms with Gasteiger partial charge in [0, 0.05) is 19.2 Å². The molecule has 5 nitrogen and oxygen atoms in total. The summed E-state index contributed by atoms with van der Waals surface area (Å²) in [5.41, 5.74) is 0.750. The number of nitrogens with zero attached hydrogens (tertiary/aromatic N) is 3. The zero-order chi connectivity index (χ0) is 22.2. The van der Waals surface area contributed by atoms with Gasteiger partial charge in [-0.25, -0.2) is 9.37 Å². The zero-order valence-corrected chi connectivity index (χ0v) is 16.2. The van der Waals surface area contributed by atoms with E-state index < -0.39 is 23.5 Å². The van der Waals surface area contributed by atoms with Crippen molar-refractivity contribution < 1.29 is 22.4 Å². The highest BCUT2D eigenvalue weighted by Crippen LogP contribution is 2.32. The van der Waals surface area contributed by atoms with Crippen LogP contribution in [0.2, 0.25) is 0 Å². The van der Waals surface area contributed by atoms with Crippen molar-refractivity contribution in [2.45, 2.75) is 12.7 Å². The van der Waals surface area contributed by atoms with E-state index in [4.69, 9.17) is 0 Å². The molecule has 4 rings (SSSR count). The van der Waals surface area contributed by atoms with Crippen LogP contribution in [0.5, 0.6) is 0 Å². The van der Waals surface area contributed by atoms with Gasteiger partial charge in [-0.1, -0.05) is 24.3 Å². The number of hydrogen-bond donors (Lipinski definition) is 1. The van der Waals surface area contributed by atoms with Crippen molar-refractivity contribution in [1.29, 1.82) is 0 Å². The zero-order valence-electron chi connectivity index (χ0n) is 16.2. The van der Waals surface area contributed by atoms with Gasteiger partial charge < -0.3 is 5.32 Å². The van der Waals surface area contributed by atoms with Gasteiger partial charge in [-0.15, -0.1) is 0 Å². The number of amides is 1. The van der Waals surface area contributed by atoms with Crippen LogP contribution < -0.4 is 5.32 Å². The van der Waals surface area contributed by atoms with Gasteiger partial charge in [0.15, 0.2) is 5.65 Å². The molecule has 31 heavy (non-hydrogen) atoms. The van der Waals surface area contributed by atoms with Gasteiger partial charge in [0.2, 0.25) is 0 Å². The third-order valence-electron chi connectivity index (χ3n) is 4.78. The summed E-state index contributed by atoms with van der Waals surface area (Å²) in [5.74, 6) is -0.893. The predicted octanol–water partition coefficient (Wildman–Crippen LogP) is 4.72. The first kappa shape index (κ1) is 20.5. The number of rotatable bonds is 4. The lowest BCUT2D eigenvalue weighted by Crippen LogP contribution is -2.23. The minimum Gasteiger partial charge on any atom is -0.348 e. The Bertz CT molecular complexity index is 1280. The van der Waals surface area contributed by atoms with Crippen molar-refractivity contribution >= 4 is 16.9 Å². The Labute approximate surface area is 174 Å². The summed E-state index contributed by atoms with van der Waals surface area (Å²) in [6.45, 7) is 0.0829. The summed E-state index contributed by atoms with van der Waals surface area (Å²) < 4.78 is 54.2. The Morgan fingerprint density at radius 3 is 2.61 bits per heavy atom. The second-order valence-electron chi connectivity index (χ2n) is 6.95. The summed E-state index contributed by atoms with van der Waals surface area (Å²) in [4.78, 5) is 17.3. The fourth-order valence-electron chi connectivity index (χ4n) is 3.23. The Morgan fingerprint density at radius 2 is 1.87 bits per heavy atom. The van der Waals surface area contributed by atoms with E-state index >= 15 is 0 Å². The van der Waals surface area contributed by atoms with Crippen molar-refractivity contribution in [3.63, 3.8) is 0 Å². The summed E-state index contributed by atoms with van der Waals surface area (Å²) in [5, 5.41) is 7.27. The maximum atomic E-state index is 13.4. The SMILES string of the molecule is Cn1ncc2c(C(=O)NCc3cccc(F)c3)cc(-c3cccc(C(F)(F)F)c3)nc21. The minimum atomic E-state index is -4.50. The highest BCUT2D eigenvalue weighted by Gasteiger charge is 2.30. The number of fused-ring (bicyclic) bond motifs is 1. The maximum absolute atomic E-state index is 13.4. The number of alkyl halides is 3. The molecule has 9 heteroatoms. The van der Waals surface area contributed by atoms with Crippen LogP contribution in [-0.4, -0.2) is 20.7 Å². The number of hydrogen-bond acceptors (Lipinski definition) is 3. The van der Waals surface area contributed by atoms with Crippen LogP contribution in [0.3, 0.4) is 0 Å². The van der Waals surface area contributed by atoms with Crippen LogP contribution in [0.25, 0.3) is 22.3 Å².